The van der Waals surface area contributed by atoms with Crippen LogP contribution in [0.1, 0.15) is 38.4 Å². The molecule has 0 saturated heterocycles. The van der Waals surface area contributed by atoms with Gasteiger partial charge < -0.3 is 0 Å². The minimum atomic E-state index is 0.692. The monoisotopic (exact) mass is 252 g/mol. The standard InChI is InChI=1S/C13H21N3S/c1-2-17-12-11-16-10-9-15-13(16)7-5-3-4-6-8-14/h9-10H,2-7,11-12H2,1H3/p+1. The lowest BCUT2D eigenvalue weighted by molar-refractivity contribution is -0.698. The van der Waals surface area contributed by atoms with Gasteiger partial charge in [-0.3, -0.25) is 0 Å². The second kappa shape index (κ2) is 9.12. The summed E-state index contributed by atoms with van der Waals surface area (Å²) in [6, 6.07) is 2.19. The highest BCUT2D eigenvalue weighted by atomic mass is 32.2. The molecule has 0 radical (unpaired) electrons. The van der Waals surface area contributed by atoms with Crippen LogP contribution in [-0.4, -0.2) is 16.5 Å². The van der Waals surface area contributed by atoms with Crippen LogP contribution < -0.4 is 4.57 Å². The average molecular weight is 252 g/mol. The zero-order chi connectivity index (χ0) is 12.3. The molecule has 0 aliphatic carbocycles. The molecule has 1 N–H and O–H groups in total. The van der Waals surface area contributed by atoms with Gasteiger partial charge in [-0.1, -0.05) is 13.3 Å². The maximum absolute atomic E-state index is 8.45. The second-order valence-corrected chi connectivity index (χ2v) is 5.41. The topological polar surface area (TPSA) is 43.5 Å². The maximum Gasteiger partial charge on any atom is 0.254 e. The van der Waals surface area contributed by atoms with E-state index in [2.05, 4.69) is 28.7 Å². The summed E-state index contributed by atoms with van der Waals surface area (Å²) < 4.78 is 2.31. The molecule has 0 unspecified atom stereocenters. The fraction of sp³-hybridized carbons (Fsp3) is 0.692. The van der Waals surface area contributed by atoms with E-state index in [1.807, 2.05) is 18.0 Å². The van der Waals surface area contributed by atoms with Crippen LogP contribution in [-0.2, 0) is 13.0 Å². The molecule has 1 heterocycles. The number of aryl methyl sites for hydroxylation is 2. The Kier molecular flexibility index (Phi) is 7.57. The number of unbranched alkanes of at least 4 members (excludes halogenated alkanes) is 3. The highest BCUT2D eigenvalue weighted by Crippen LogP contribution is 2.03. The molecular formula is C13H22N3S+. The van der Waals surface area contributed by atoms with Gasteiger partial charge in [-0.2, -0.15) is 17.0 Å². The van der Waals surface area contributed by atoms with Gasteiger partial charge >= 0.3 is 0 Å². The smallest absolute Gasteiger partial charge is 0.248 e. The van der Waals surface area contributed by atoms with Gasteiger partial charge in [0, 0.05) is 18.6 Å². The van der Waals surface area contributed by atoms with Crippen molar-refractivity contribution >= 4 is 11.8 Å². The third-order valence-electron chi connectivity index (χ3n) is 2.73. The molecule has 1 aromatic heterocycles. The summed E-state index contributed by atoms with van der Waals surface area (Å²) in [6.07, 6.45) is 9.28. The van der Waals surface area contributed by atoms with Gasteiger partial charge in [-0.25, -0.2) is 9.55 Å². The van der Waals surface area contributed by atoms with E-state index in [4.69, 9.17) is 5.26 Å². The van der Waals surface area contributed by atoms with Gasteiger partial charge in [0.15, 0.2) is 0 Å². The van der Waals surface area contributed by atoms with Gasteiger partial charge in [0.1, 0.15) is 12.4 Å². The van der Waals surface area contributed by atoms with E-state index in [9.17, 15) is 0 Å². The van der Waals surface area contributed by atoms with Crippen LogP contribution in [0.2, 0.25) is 0 Å². The van der Waals surface area contributed by atoms with E-state index < -0.39 is 0 Å². The first-order valence-corrected chi connectivity index (χ1v) is 7.54. The van der Waals surface area contributed by atoms with Crippen LogP contribution in [0.25, 0.3) is 0 Å². The molecule has 0 aromatic carbocycles. The van der Waals surface area contributed by atoms with E-state index in [1.54, 1.807) is 0 Å². The number of thioether (sulfide) groups is 1. The van der Waals surface area contributed by atoms with E-state index in [0.29, 0.717) is 6.42 Å². The molecule has 1 aromatic rings. The largest absolute Gasteiger partial charge is 0.254 e. The number of hydrogen-bond donors (Lipinski definition) is 1. The SMILES string of the molecule is CCSCC[n+]1cc[nH]c1CCCCCC#N. The van der Waals surface area contributed by atoms with Crippen molar-refractivity contribution in [3.8, 4) is 6.07 Å². The number of H-pyrrole nitrogens is 1. The molecule has 1 rings (SSSR count). The third-order valence-corrected chi connectivity index (χ3v) is 3.61. The quantitative estimate of drug-likeness (QED) is 0.542. The van der Waals surface area contributed by atoms with Crippen molar-refractivity contribution in [1.82, 2.24) is 4.98 Å². The molecule has 0 aliphatic heterocycles. The van der Waals surface area contributed by atoms with Gasteiger partial charge in [-0.15, -0.1) is 0 Å². The molecule has 0 bridgehead atoms. The normalized spacial score (nSPS) is 10.4. The first-order chi connectivity index (χ1) is 8.38. The predicted octanol–water partition coefficient (Wildman–Crippen LogP) is 2.68. The Hall–Kier alpha value is -0.950. The van der Waals surface area contributed by atoms with Crippen LogP contribution in [0.5, 0.6) is 0 Å². The molecule has 0 fully saturated rings. The molecule has 0 saturated carbocycles. The van der Waals surface area contributed by atoms with Gasteiger partial charge in [0.05, 0.1) is 12.6 Å². The number of hydrogen-bond acceptors (Lipinski definition) is 2. The van der Waals surface area contributed by atoms with Crippen LogP contribution in [0.15, 0.2) is 12.4 Å². The Morgan fingerprint density at radius 1 is 1.41 bits per heavy atom. The Morgan fingerprint density at radius 3 is 3.06 bits per heavy atom. The number of aromatic amines is 1. The molecule has 0 aliphatic rings. The molecule has 0 atom stereocenters. The fourth-order valence-electron chi connectivity index (χ4n) is 1.80. The maximum atomic E-state index is 8.45. The van der Waals surface area contributed by atoms with Gasteiger partial charge in [0.25, 0.3) is 5.82 Å². The number of nitriles is 1. The van der Waals surface area contributed by atoms with Crippen molar-refractivity contribution < 1.29 is 4.57 Å². The molecule has 94 valence electrons. The summed E-state index contributed by atoms with van der Waals surface area (Å²) in [5.74, 6) is 3.69. The van der Waals surface area contributed by atoms with Crippen LogP contribution >= 0.6 is 11.8 Å². The zero-order valence-electron chi connectivity index (χ0n) is 10.6. The van der Waals surface area contributed by atoms with E-state index in [0.717, 1.165) is 25.8 Å². The van der Waals surface area contributed by atoms with Crippen LogP contribution in [0.4, 0.5) is 0 Å². The van der Waals surface area contributed by atoms with E-state index in [1.165, 1.54) is 23.8 Å². The number of nitrogens with zero attached hydrogens (tertiary/aromatic N) is 2. The van der Waals surface area contributed by atoms with Crippen molar-refractivity contribution in [3.05, 3.63) is 18.2 Å². The van der Waals surface area contributed by atoms with E-state index in [-0.39, 0.29) is 0 Å². The Bertz CT molecular complexity index is 341. The molecule has 4 heteroatoms. The number of aromatic nitrogens is 2. The highest BCUT2D eigenvalue weighted by Gasteiger charge is 2.09. The predicted molar refractivity (Wildman–Crippen MR) is 71.8 cm³/mol. The van der Waals surface area contributed by atoms with Crippen molar-refractivity contribution in [3.63, 3.8) is 0 Å². The Morgan fingerprint density at radius 2 is 2.29 bits per heavy atom. The van der Waals surface area contributed by atoms with Gasteiger partial charge in [0.2, 0.25) is 0 Å². The Labute approximate surface area is 108 Å². The lowest BCUT2D eigenvalue weighted by Gasteiger charge is -2.00. The highest BCUT2D eigenvalue weighted by molar-refractivity contribution is 7.99. The number of nitrogens with one attached hydrogen (secondary N) is 1. The third kappa shape index (κ3) is 5.78. The fourth-order valence-corrected chi connectivity index (χ4v) is 2.42. The van der Waals surface area contributed by atoms with Crippen LogP contribution in [0.3, 0.4) is 0 Å². The summed E-state index contributed by atoms with van der Waals surface area (Å²) in [7, 11) is 0. The summed E-state index contributed by atoms with van der Waals surface area (Å²) >= 11 is 1.98. The van der Waals surface area contributed by atoms with Crippen molar-refractivity contribution in [2.24, 2.45) is 0 Å². The van der Waals surface area contributed by atoms with Crippen molar-refractivity contribution in [2.75, 3.05) is 11.5 Å². The molecule has 0 amide bonds. The zero-order valence-corrected chi connectivity index (χ0v) is 11.4. The minimum absolute atomic E-state index is 0.692. The Balaban J connectivity index is 2.23. The summed E-state index contributed by atoms with van der Waals surface area (Å²) in [5.41, 5.74) is 0. The van der Waals surface area contributed by atoms with Crippen molar-refractivity contribution in [1.29, 1.82) is 5.26 Å². The summed E-state index contributed by atoms with van der Waals surface area (Å²) in [5, 5.41) is 8.45. The lowest BCUT2D eigenvalue weighted by atomic mass is 10.1. The molecular weight excluding hydrogens is 230 g/mol. The van der Waals surface area contributed by atoms with Gasteiger partial charge in [-0.05, 0) is 18.6 Å². The number of imidazole rings is 1. The lowest BCUT2D eigenvalue weighted by Crippen LogP contribution is -2.37. The number of rotatable bonds is 9. The van der Waals surface area contributed by atoms with E-state index >= 15 is 0 Å². The molecule has 17 heavy (non-hydrogen) atoms. The molecule has 0 spiro atoms. The summed E-state index contributed by atoms with van der Waals surface area (Å²) in [6.45, 7) is 3.29. The van der Waals surface area contributed by atoms with Crippen LogP contribution in [0, 0.1) is 11.3 Å². The first kappa shape index (κ1) is 14.1. The second-order valence-electron chi connectivity index (χ2n) is 4.02. The average Bonchev–Trinajstić information content (AvgIpc) is 2.77. The minimum Gasteiger partial charge on any atom is -0.248 e. The molecule has 3 nitrogen and oxygen atoms in total. The van der Waals surface area contributed by atoms with Crippen molar-refractivity contribution in [2.45, 2.75) is 45.6 Å². The summed E-state index contributed by atoms with van der Waals surface area (Å²) in [4.78, 5) is 3.31. The first-order valence-electron chi connectivity index (χ1n) is 6.39.